The van der Waals surface area contributed by atoms with E-state index in [0.717, 1.165) is 0 Å². The van der Waals surface area contributed by atoms with Crippen molar-refractivity contribution in [3.05, 3.63) is 0 Å². The molecular weight excluding hydrogens is 210 g/mol. The molecule has 0 saturated carbocycles. The van der Waals surface area contributed by atoms with Gasteiger partial charge in [-0.05, 0) is 12.8 Å². The third-order valence-electron chi connectivity index (χ3n) is 1.96. The Hall–Kier alpha value is -1.10. The topological polar surface area (TPSA) is 64.6 Å². The number of carbonyl (C=O) groups excluding carboxylic acids is 2. The Balaban J connectivity index is 3.55. The molecule has 5 nitrogen and oxygen atoms in total. The lowest BCUT2D eigenvalue weighted by Gasteiger charge is -2.11. The Kier molecular flexibility index (Phi) is 8.52. The van der Waals surface area contributed by atoms with Crippen LogP contribution in [0.3, 0.4) is 0 Å². The van der Waals surface area contributed by atoms with E-state index in [1.54, 1.807) is 14.0 Å². The van der Waals surface area contributed by atoms with Crippen molar-refractivity contribution in [3.63, 3.8) is 0 Å². The van der Waals surface area contributed by atoms with Crippen molar-refractivity contribution in [1.29, 1.82) is 0 Å². The average Bonchev–Trinajstić information content (AvgIpc) is 2.24. The summed E-state index contributed by atoms with van der Waals surface area (Å²) in [5.41, 5.74) is 0. The first kappa shape index (κ1) is 14.9. The summed E-state index contributed by atoms with van der Waals surface area (Å²) in [4.78, 5) is 22.3. The molecule has 0 rings (SSSR count). The van der Waals surface area contributed by atoms with Crippen LogP contribution in [-0.4, -0.2) is 38.7 Å². The zero-order chi connectivity index (χ0) is 12.4. The van der Waals surface area contributed by atoms with Gasteiger partial charge in [0.25, 0.3) is 0 Å². The second kappa shape index (κ2) is 9.15. The molecule has 0 aromatic rings. The van der Waals surface area contributed by atoms with Gasteiger partial charge in [-0.25, -0.2) is 0 Å². The first-order valence-corrected chi connectivity index (χ1v) is 5.51. The van der Waals surface area contributed by atoms with Crippen molar-refractivity contribution in [2.24, 2.45) is 5.92 Å². The molecule has 1 unspecified atom stereocenters. The van der Waals surface area contributed by atoms with Gasteiger partial charge in [0.15, 0.2) is 0 Å². The molecule has 0 aromatic heterocycles. The zero-order valence-electron chi connectivity index (χ0n) is 10.2. The van der Waals surface area contributed by atoms with Crippen LogP contribution in [0.15, 0.2) is 0 Å². The van der Waals surface area contributed by atoms with E-state index in [9.17, 15) is 9.59 Å². The summed E-state index contributed by atoms with van der Waals surface area (Å²) in [5.74, 6) is -0.185. The SMILES string of the molecule is CCOC(=O)CCC(=O)NCC(C)COC. The fraction of sp³-hybridized carbons (Fsp3) is 0.818. The standard InChI is InChI=1S/C11H21NO4/c1-4-16-11(14)6-5-10(13)12-7-9(2)8-15-3/h9H,4-8H2,1-3H3,(H,12,13). The lowest BCUT2D eigenvalue weighted by Crippen LogP contribution is -2.30. The van der Waals surface area contributed by atoms with Gasteiger partial charge in [0.2, 0.25) is 5.91 Å². The molecule has 0 saturated heterocycles. The van der Waals surface area contributed by atoms with Gasteiger partial charge in [-0.3, -0.25) is 9.59 Å². The molecule has 94 valence electrons. The van der Waals surface area contributed by atoms with E-state index in [1.807, 2.05) is 6.92 Å². The molecule has 0 fully saturated rings. The van der Waals surface area contributed by atoms with Gasteiger partial charge in [-0.15, -0.1) is 0 Å². The van der Waals surface area contributed by atoms with Gasteiger partial charge >= 0.3 is 5.97 Å². The Bertz CT molecular complexity index is 218. The monoisotopic (exact) mass is 231 g/mol. The van der Waals surface area contributed by atoms with Crippen molar-refractivity contribution < 1.29 is 19.1 Å². The maximum atomic E-state index is 11.3. The molecule has 0 aliphatic carbocycles. The molecule has 1 amide bonds. The van der Waals surface area contributed by atoms with E-state index in [-0.39, 0.29) is 30.6 Å². The maximum absolute atomic E-state index is 11.3. The number of rotatable bonds is 8. The minimum absolute atomic E-state index is 0.129. The van der Waals surface area contributed by atoms with Crippen molar-refractivity contribution in [1.82, 2.24) is 5.32 Å². The van der Waals surface area contributed by atoms with Crippen molar-refractivity contribution in [3.8, 4) is 0 Å². The lowest BCUT2D eigenvalue weighted by atomic mass is 10.2. The van der Waals surface area contributed by atoms with Crippen LogP contribution in [0.2, 0.25) is 0 Å². The van der Waals surface area contributed by atoms with Crippen LogP contribution in [0.1, 0.15) is 26.7 Å². The number of methoxy groups -OCH3 is 1. The Labute approximate surface area is 96.5 Å². The summed E-state index contributed by atoms with van der Waals surface area (Å²) in [6.45, 7) is 5.25. The van der Waals surface area contributed by atoms with Crippen LogP contribution in [0, 0.1) is 5.92 Å². The van der Waals surface area contributed by atoms with Crippen molar-refractivity contribution >= 4 is 11.9 Å². The highest BCUT2D eigenvalue weighted by Crippen LogP contribution is 1.95. The van der Waals surface area contributed by atoms with E-state index in [4.69, 9.17) is 9.47 Å². The average molecular weight is 231 g/mol. The molecule has 0 heterocycles. The highest BCUT2D eigenvalue weighted by Gasteiger charge is 2.08. The molecule has 5 heteroatoms. The van der Waals surface area contributed by atoms with Crippen molar-refractivity contribution in [2.45, 2.75) is 26.7 Å². The van der Waals surface area contributed by atoms with E-state index < -0.39 is 0 Å². The fourth-order valence-electron chi connectivity index (χ4n) is 1.17. The molecule has 1 atom stereocenters. The minimum atomic E-state index is -0.331. The number of carbonyl (C=O) groups is 2. The normalized spacial score (nSPS) is 11.9. The molecule has 0 aromatic carbocycles. The summed E-state index contributed by atoms with van der Waals surface area (Å²) in [5, 5.41) is 2.74. The largest absolute Gasteiger partial charge is 0.466 e. The zero-order valence-corrected chi connectivity index (χ0v) is 10.2. The number of nitrogens with one attached hydrogen (secondary N) is 1. The van der Waals surface area contributed by atoms with Gasteiger partial charge in [-0.2, -0.15) is 0 Å². The number of hydrogen-bond acceptors (Lipinski definition) is 4. The van der Waals surface area contributed by atoms with Gasteiger partial charge in [0.05, 0.1) is 19.6 Å². The van der Waals surface area contributed by atoms with Crippen LogP contribution in [-0.2, 0) is 19.1 Å². The molecule has 0 bridgehead atoms. The predicted molar refractivity (Wildman–Crippen MR) is 59.9 cm³/mol. The summed E-state index contributed by atoms with van der Waals surface area (Å²) in [6, 6.07) is 0. The third kappa shape index (κ3) is 8.23. The lowest BCUT2D eigenvalue weighted by molar-refractivity contribution is -0.144. The Morgan fingerprint density at radius 2 is 2.00 bits per heavy atom. The van der Waals surface area contributed by atoms with Crippen LogP contribution in [0.5, 0.6) is 0 Å². The van der Waals surface area contributed by atoms with E-state index >= 15 is 0 Å². The second-order valence-corrected chi connectivity index (χ2v) is 3.67. The molecule has 1 N–H and O–H groups in total. The molecule has 0 aliphatic rings. The van der Waals surface area contributed by atoms with E-state index in [1.165, 1.54) is 0 Å². The molecular formula is C11H21NO4. The van der Waals surface area contributed by atoms with Gasteiger partial charge < -0.3 is 14.8 Å². The summed E-state index contributed by atoms with van der Waals surface area (Å²) >= 11 is 0. The van der Waals surface area contributed by atoms with E-state index in [0.29, 0.717) is 19.8 Å². The highest BCUT2D eigenvalue weighted by atomic mass is 16.5. The number of hydrogen-bond donors (Lipinski definition) is 1. The second-order valence-electron chi connectivity index (χ2n) is 3.67. The number of ether oxygens (including phenoxy) is 2. The maximum Gasteiger partial charge on any atom is 0.306 e. The number of esters is 1. The number of amides is 1. The Morgan fingerprint density at radius 3 is 2.56 bits per heavy atom. The molecule has 16 heavy (non-hydrogen) atoms. The predicted octanol–water partition coefficient (Wildman–Crippen LogP) is 0.728. The van der Waals surface area contributed by atoms with Gasteiger partial charge in [-0.1, -0.05) is 6.92 Å². The molecule has 0 aliphatic heterocycles. The van der Waals surface area contributed by atoms with Crippen molar-refractivity contribution in [2.75, 3.05) is 26.9 Å². The van der Waals surface area contributed by atoms with Crippen LogP contribution in [0.4, 0.5) is 0 Å². The smallest absolute Gasteiger partial charge is 0.306 e. The Morgan fingerprint density at radius 1 is 1.31 bits per heavy atom. The highest BCUT2D eigenvalue weighted by molar-refractivity contribution is 5.81. The summed E-state index contributed by atoms with van der Waals surface area (Å²) in [7, 11) is 1.62. The third-order valence-corrected chi connectivity index (χ3v) is 1.96. The van der Waals surface area contributed by atoms with E-state index in [2.05, 4.69) is 5.32 Å². The van der Waals surface area contributed by atoms with Gasteiger partial charge in [0, 0.05) is 20.1 Å². The first-order valence-electron chi connectivity index (χ1n) is 5.51. The summed E-state index contributed by atoms with van der Waals surface area (Å²) in [6.07, 6.45) is 0.316. The van der Waals surface area contributed by atoms with Crippen LogP contribution in [0.25, 0.3) is 0 Å². The molecule has 0 radical (unpaired) electrons. The minimum Gasteiger partial charge on any atom is -0.466 e. The quantitative estimate of drug-likeness (QED) is 0.625. The molecule has 0 spiro atoms. The van der Waals surface area contributed by atoms with Crippen LogP contribution >= 0.6 is 0 Å². The first-order chi connectivity index (χ1) is 7.60. The van der Waals surface area contributed by atoms with Crippen LogP contribution < -0.4 is 5.32 Å². The fourth-order valence-corrected chi connectivity index (χ4v) is 1.17. The van der Waals surface area contributed by atoms with Gasteiger partial charge in [0.1, 0.15) is 0 Å². The summed E-state index contributed by atoms with van der Waals surface area (Å²) < 4.78 is 9.66.